The molecule has 1 aromatic heterocycles. The first-order valence-corrected chi connectivity index (χ1v) is 11.3. The van der Waals surface area contributed by atoms with Crippen molar-refractivity contribution >= 4 is 26.8 Å². The summed E-state index contributed by atoms with van der Waals surface area (Å²) in [6.45, 7) is 4.97. The summed E-state index contributed by atoms with van der Waals surface area (Å²) < 4.78 is 32.2. The zero-order valence-electron chi connectivity index (χ0n) is 17.0. The summed E-state index contributed by atoms with van der Waals surface area (Å²) in [5, 5.41) is 3.76. The molecule has 0 saturated carbocycles. The van der Waals surface area contributed by atoms with Gasteiger partial charge >= 0.3 is 0 Å². The molecule has 30 heavy (non-hydrogen) atoms. The van der Waals surface area contributed by atoms with Crippen molar-refractivity contribution in [2.75, 3.05) is 26.2 Å². The van der Waals surface area contributed by atoms with E-state index in [4.69, 9.17) is 4.74 Å². The Bertz CT molecular complexity index is 1110. The molecule has 0 saturated heterocycles. The van der Waals surface area contributed by atoms with Crippen molar-refractivity contribution in [2.24, 2.45) is 0 Å². The Morgan fingerprint density at radius 3 is 2.43 bits per heavy atom. The molecule has 0 radical (unpaired) electrons. The lowest BCUT2D eigenvalue weighted by atomic mass is 10.2. The number of sulfonamides is 1. The van der Waals surface area contributed by atoms with Crippen molar-refractivity contribution < 1.29 is 17.9 Å². The van der Waals surface area contributed by atoms with Crippen LogP contribution in [0.5, 0.6) is 5.75 Å². The first kappa shape index (κ1) is 21.7. The van der Waals surface area contributed by atoms with E-state index in [1.54, 1.807) is 20.0 Å². The van der Waals surface area contributed by atoms with Gasteiger partial charge in [-0.15, -0.1) is 0 Å². The summed E-state index contributed by atoms with van der Waals surface area (Å²) in [5.74, 6) is 0.370. The molecule has 7 nitrogen and oxygen atoms in total. The SMILES string of the molecule is CCN(CC)S(=O)(=O)c1ccc(C(=O)NCCOc2cccc3cccnc23)cc1. The quantitative estimate of drug-likeness (QED) is 0.530. The number of hydrogen-bond acceptors (Lipinski definition) is 5. The number of fused-ring (bicyclic) bond motifs is 1. The summed E-state index contributed by atoms with van der Waals surface area (Å²) in [6, 6.07) is 15.5. The number of benzene rings is 2. The number of amides is 1. The summed E-state index contributed by atoms with van der Waals surface area (Å²) in [4.78, 5) is 16.8. The van der Waals surface area contributed by atoms with Gasteiger partial charge < -0.3 is 10.1 Å². The zero-order chi connectivity index (χ0) is 21.6. The fourth-order valence-corrected chi connectivity index (χ4v) is 4.57. The average Bonchev–Trinajstić information content (AvgIpc) is 2.77. The zero-order valence-corrected chi connectivity index (χ0v) is 17.9. The minimum Gasteiger partial charge on any atom is -0.489 e. The predicted octanol–water partition coefficient (Wildman–Crippen LogP) is 3.07. The molecule has 0 spiro atoms. The molecule has 0 bridgehead atoms. The number of nitrogens with one attached hydrogen (secondary N) is 1. The van der Waals surface area contributed by atoms with Crippen LogP contribution in [0.4, 0.5) is 0 Å². The first-order valence-electron chi connectivity index (χ1n) is 9.82. The second kappa shape index (κ2) is 9.69. The fraction of sp³-hybridized carbons (Fsp3) is 0.273. The fourth-order valence-electron chi connectivity index (χ4n) is 3.11. The molecule has 8 heteroatoms. The standard InChI is InChI=1S/C22H25N3O4S/c1-3-25(4-2)30(27,28)19-12-10-18(11-13-19)22(26)24-15-16-29-20-9-5-7-17-8-6-14-23-21(17)20/h5-14H,3-4,15-16H2,1-2H3,(H,24,26). The molecule has 0 aliphatic carbocycles. The van der Waals surface area contributed by atoms with Crippen molar-refractivity contribution in [2.45, 2.75) is 18.7 Å². The summed E-state index contributed by atoms with van der Waals surface area (Å²) in [5.41, 5.74) is 1.16. The smallest absolute Gasteiger partial charge is 0.251 e. The summed E-state index contributed by atoms with van der Waals surface area (Å²) in [6.07, 6.45) is 1.71. The van der Waals surface area contributed by atoms with Gasteiger partial charge in [0.2, 0.25) is 10.0 Å². The minimum atomic E-state index is -3.54. The molecular weight excluding hydrogens is 402 g/mol. The van der Waals surface area contributed by atoms with Crippen LogP contribution in [-0.4, -0.2) is 49.9 Å². The predicted molar refractivity (Wildman–Crippen MR) is 116 cm³/mol. The second-order valence-electron chi connectivity index (χ2n) is 6.55. The number of rotatable bonds is 9. The van der Waals surface area contributed by atoms with E-state index in [1.165, 1.54) is 28.6 Å². The normalized spacial score (nSPS) is 11.6. The third-order valence-electron chi connectivity index (χ3n) is 4.70. The molecule has 1 amide bonds. The van der Waals surface area contributed by atoms with Crippen LogP contribution in [0.25, 0.3) is 10.9 Å². The Kier molecular flexibility index (Phi) is 7.02. The number of nitrogens with zero attached hydrogens (tertiary/aromatic N) is 2. The van der Waals surface area contributed by atoms with Crippen LogP contribution in [0.1, 0.15) is 24.2 Å². The Morgan fingerprint density at radius 2 is 1.73 bits per heavy atom. The number of carbonyl (C=O) groups is 1. The molecule has 158 valence electrons. The van der Waals surface area contributed by atoms with Crippen LogP contribution in [-0.2, 0) is 10.0 Å². The third-order valence-corrected chi connectivity index (χ3v) is 6.76. The molecule has 3 aromatic rings. The first-order chi connectivity index (χ1) is 14.5. The van der Waals surface area contributed by atoms with Gasteiger partial charge in [-0.05, 0) is 36.4 Å². The van der Waals surface area contributed by atoms with Gasteiger partial charge in [0.25, 0.3) is 5.91 Å². The molecule has 0 unspecified atom stereocenters. The van der Waals surface area contributed by atoms with Gasteiger partial charge in [-0.2, -0.15) is 4.31 Å². The highest BCUT2D eigenvalue weighted by Crippen LogP contribution is 2.22. The van der Waals surface area contributed by atoms with Gasteiger partial charge in [0.1, 0.15) is 17.9 Å². The number of para-hydroxylation sites is 1. The van der Waals surface area contributed by atoms with Crippen molar-refractivity contribution in [3.8, 4) is 5.75 Å². The number of ether oxygens (including phenoxy) is 1. The van der Waals surface area contributed by atoms with Gasteiger partial charge in [-0.25, -0.2) is 8.42 Å². The average molecular weight is 428 g/mol. The Morgan fingerprint density at radius 1 is 1.03 bits per heavy atom. The van der Waals surface area contributed by atoms with Crippen LogP contribution >= 0.6 is 0 Å². The highest BCUT2D eigenvalue weighted by molar-refractivity contribution is 7.89. The largest absolute Gasteiger partial charge is 0.489 e. The van der Waals surface area contributed by atoms with E-state index in [9.17, 15) is 13.2 Å². The van der Waals surface area contributed by atoms with Crippen LogP contribution in [0.15, 0.2) is 65.7 Å². The van der Waals surface area contributed by atoms with E-state index in [2.05, 4.69) is 10.3 Å². The maximum absolute atomic E-state index is 12.5. The van der Waals surface area contributed by atoms with Crippen LogP contribution < -0.4 is 10.1 Å². The minimum absolute atomic E-state index is 0.175. The molecule has 0 aliphatic rings. The summed E-state index contributed by atoms with van der Waals surface area (Å²) in [7, 11) is -3.54. The number of pyridine rings is 1. The molecular formula is C22H25N3O4S. The summed E-state index contributed by atoms with van der Waals surface area (Å²) >= 11 is 0. The van der Waals surface area contributed by atoms with Crippen LogP contribution in [0, 0.1) is 0 Å². The van der Waals surface area contributed by atoms with E-state index in [-0.39, 0.29) is 17.4 Å². The van der Waals surface area contributed by atoms with E-state index in [0.717, 1.165) is 10.9 Å². The number of aromatic nitrogens is 1. The Labute approximate surface area is 176 Å². The van der Waals surface area contributed by atoms with E-state index in [1.807, 2.05) is 30.3 Å². The lowest BCUT2D eigenvalue weighted by molar-refractivity contribution is 0.0947. The lowest BCUT2D eigenvalue weighted by Crippen LogP contribution is -2.31. The topological polar surface area (TPSA) is 88.6 Å². The maximum atomic E-state index is 12.5. The Hall–Kier alpha value is -2.97. The molecule has 0 atom stereocenters. The van der Waals surface area contributed by atoms with Crippen molar-refractivity contribution in [1.82, 2.24) is 14.6 Å². The Balaban J connectivity index is 1.56. The van der Waals surface area contributed by atoms with Crippen LogP contribution in [0.3, 0.4) is 0 Å². The van der Waals surface area contributed by atoms with Gasteiger partial charge in [0.05, 0.1) is 11.4 Å². The molecule has 3 rings (SSSR count). The van der Waals surface area contributed by atoms with E-state index >= 15 is 0 Å². The van der Waals surface area contributed by atoms with E-state index in [0.29, 0.717) is 30.9 Å². The van der Waals surface area contributed by atoms with Crippen LogP contribution in [0.2, 0.25) is 0 Å². The molecule has 0 aliphatic heterocycles. The van der Waals surface area contributed by atoms with Gasteiger partial charge in [0, 0.05) is 30.2 Å². The molecule has 2 aromatic carbocycles. The molecule has 1 N–H and O–H groups in total. The van der Waals surface area contributed by atoms with Crippen molar-refractivity contribution in [1.29, 1.82) is 0 Å². The van der Waals surface area contributed by atoms with Gasteiger partial charge in [-0.1, -0.05) is 32.0 Å². The third kappa shape index (κ3) is 4.77. The maximum Gasteiger partial charge on any atom is 0.251 e. The monoisotopic (exact) mass is 427 g/mol. The number of hydrogen-bond donors (Lipinski definition) is 1. The highest BCUT2D eigenvalue weighted by Gasteiger charge is 2.21. The molecule has 1 heterocycles. The highest BCUT2D eigenvalue weighted by atomic mass is 32.2. The van der Waals surface area contributed by atoms with Gasteiger partial charge in [-0.3, -0.25) is 9.78 Å². The van der Waals surface area contributed by atoms with E-state index < -0.39 is 10.0 Å². The van der Waals surface area contributed by atoms with Crippen molar-refractivity contribution in [3.05, 3.63) is 66.4 Å². The number of carbonyl (C=O) groups excluding carboxylic acids is 1. The lowest BCUT2D eigenvalue weighted by Gasteiger charge is -2.18. The van der Waals surface area contributed by atoms with Crippen molar-refractivity contribution in [3.63, 3.8) is 0 Å². The van der Waals surface area contributed by atoms with Gasteiger partial charge in [0.15, 0.2) is 0 Å². The second-order valence-corrected chi connectivity index (χ2v) is 8.49. The molecule has 0 fully saturated rings.